The summed E-state index contributed by atoms with van der Waals surface area (Å²) in [5.74, 6) is 0.0107. The second-order valence-electron chi connectivity index (χ2n) is 6.14. The Hall–Kier alpha value is -2.49. The zero-order chi connectivity index (χ0) is 18.1. The normalized spacial score (nSPS) is 16.6. The van der Waals surface area contributed by atoms with Gasteiger partial charge in [-0.05, 0) is 29.8 Å². The first-order valence-corrected chi connectivity index (χ1v) is 9.04. The topological polar surface area (TPSA) is 35.8 Å². The monoisotopic (exact) mass is 382 g/mol. The fourth-order valence-electron chi connectivity index (χ4n) is 3.21. The van der Waals surface area contributed by atoms with Crippen LogP contribution in [-0.4, -0.2) is 10.8 Å². The second kappa shape index (κ2) is 7.02. The van der Waals surface area contributed by atoms with Crippen molar-refractivity contribution >= 4 is 34.6 Å². The number of nitrogens with zero attached hydrogens (tertiary/aromatic N) is 2. The maximum absolute atomic E-state index is 10.4. The van der Waals surface area contributed by atoms with E-state index in [0.29, 0.717) is 17.0 Å². The Morgan fingerprint density at radius 1 is 0.923 bits per heavy atom. The molecule has 1 atom stereocenters. The predicted octanol–water partition coefficient (Wildman–Crippen LogP) is 6.05. The Morgan fingerprint density at radius 2 is 1.58 bits per heavy atom. The minimum absolute atomic E-state index is 0.0107. The molecule has 0 amide bonds. The highest BCUT2D eigenvalue weighted by Gasteiger charge is 2.31. The molecule has 5 heteroatoms. The lowest BCUT2D eigenvalue weighted by Crippen LogP contribution is -2.18. The van der Waals surface area contributed by atoms with Crippen LogP contribution in [0.1, 0.15) is 23.6 Å². The molecule has 0 bridgehead atoms. The number of anilines is 1. The number of phenols is 1. The molecule has 0 aliphatic carbocycles. The molecule has 0 saturated carbocycles. The fourth-order valence-corrected chi connectivity index (χ4v) is 3.71. The number of rotatable bonds is 3. The Balaban J connectivity index is 1.80. The summed E-state index contributed by atoms with van der Waals surface area (Å²) in [5, 5.41) is 17.9. The molecule has 1 aliphatic heterocycles. The van der Waals surface area contributed by atoms with E-state index in [1.807, 2.05) is 53.5 Å². The largest absolute Gasteiger partial charge is 0.506 e. The number of hydrogen-bond donors (Lipinski definition) is 1. The first-order valence-electron chi connectivity index (χ1n) is 8.28. The van der Waals surface area contributed by atoms with Gasteiger partial charge in [0.2, 0.25) is 0 Å². The summed E-state index contributed by atoms with van der Waals surface area (Å²) < 4.78 is 0. The van der Waals surface area contributed by atoms with E-state index in [1.54, 1.807) is 6.07 Å². The van der Waals surface area contributed by atoms with E-state index in [1.165, 1.54) is 6.07 Å². The van der Waals surface area contributed by atoms with Crippen LogP contribution in [0, 0.1) is 0 Å². The summed E-state index contributed by atoms with van der Waals surface area (Å²) in [6.07, 6.45) is 0.642. The number of benzene rings is 3. The Morgan fingerprint density at radius 3 is 2.27 bits per heavy atom. The maximum Gasteiger partial charge on any atom is 0.143 e. The van der Waals surface area contributed by atoms with Crippen molar-refractivity contribution in [3.05, 3.63) is 94.0 Å². The van der Waals surface area contributed by atoms with E-state index in [-0.39, 0.29) is 16.8 Å². The Bertz CT molecular complexity index is 959. The van der Waals surface area contributed by atoms with Gasteiger partial charge in [0.1, 0.15) is 5.75 Å². The lowest BCUT2D eigenvalue weighted by molar-refractivity contribution is 0.474. The van der Waals surface area contributed by atoms with Crippen LogP contribution in [0.15, 0.2) is 77.9 Å². The number of hydrazone groups is 1. The molecule has 1 heterocycles. The van der Waals surface area contributed by atoms with Gasteiger partial charge in [-0.15, -0.1) is 0 Å². The lowest BCUT2D eigenvalue weighted by Gasteiger charge is -2.23. The Kier molecular flexibility index (Phi) is 4.58. The first kappa shape index (κ1) is 17.0. The molecular weight excluding hydrogens is 367 g/mol. The standard InChI is InChI=1S/C21H16Cl2N2O/c22-15-11-17(21(26)18(23)12-15)19-13-20(14-7-3-1-4-8-14)25(24-19)16-9-5-2-6-10-16/h1-12,20,26H,13H2. The average molecular weight is 383 g/mol. The smallest absolute Gasteiger partial charge is 0.143 e. The number of aromatic hydroxyl groups is 1. The van der Waals surface area contributed by atoms with Crippen molar-refractivity contribution in [3.8, 4) is 5.75 Å². The van der Waals surface area contributed by atoms with Gasteiger partial charge in [-0.3, -0.25) is 5.01 Å². The summed E-state index contributed by atoms with van der Waals surface area (Å²) in [6, 6.07) is 23.5. The Labute approximate surface area is 162 Å². The van der Waals surface area contributed by atoms with Gasteiger partial charge in [0.25, 0.3) is 0 Å². The third kappa shape index (κ3) is 3.16. The van der Waals surface area contributed by atoms with Crippen molar-refractivity contribution in [2.24, 2.45) is 5.10 Å². The molecule has 0 aromatic heterocycles. The van der Waals surface area contributed by atoms with Gasteiger partial charge >= 0.3 is 0 Å². The van der Waals surface area contributed by atoms with Crippen molar-refractivity contribution in [3.63, 3.8) is 0 Å². The number of phenolic OH excluding ortho intramolecular Hbond substituents is 1. The number of hydrogen-bond acceptors (Lipinski definition) is 3. The molecule has 1 aliphatic rings. The molecule has 0 radical (unpaired) electrons. The summed E-state index contributed by atoms with van der Waals surface area (Å²) >= 11 is 12.2. The van der Waals surface area contributed by atoms with E-state index in [4.69, 9.17) is 28.3 Å². The van der Waals surface area contributed by atoms with Crippen molar-refractivity contribution < 1.29 is 5.11 Å². The summed E-state index contributed by atoms with van der Waals surface area (Å²) in [6.45, 7) is 0. The van der Waals surface area contributed by atoms with E-state index in [2.05, 4.69) is 12.1 Å². The van der Waals surface area contributed by atoms with Gasteiger partial charge < -0.3 is 5.11 Å². The van der Waals surface area contributed by atoms with Crippen molar-refractivity contribution in [2.45, 2.75) is 12.5 Å². The van der Waals surface area contributed by atoms with Crippen LogP contribution in [0.2, 0.25) is 10.0 Å². The summed E-state index contributed by atoms with van der Waals surface area (Å²) in [7, 11) is 0. The highest BCUT2D eigenvalue weighted by molar-refractivity contribution is 6.36. The number of halogens is 2. The zero-order valence-electron chi connectivity index (χ0n) is 13.8. The molecule has 26 heavy (non-hydrogen) atoms. The van der Waals surface area contributed by atoms with E-state index >= 15 is 0 Å². The van der Waals surface area contributed by atoms with Gasteiger partial charge in [0.05, 0.1) is 22.5 Å². The van der Waals surface area contributed by atoms with Crippen molar-refractivity contribution in [1.82, 2.24) is 0 Å². The molecule has 3 nitrogen and oxygen atoms in total. The quantitative estimate of drug-likeness (QED) is 0.597. The minimum atomic E-state index is 0.0107. The molecule has 3 aromatic carbocycles. The van der Waals surface area contributed by atoms with Crippen molar-refractivity contribution in [1.29, 1.82) is 0 Å². The number of para-hydroxylation sites is 1. The van der Waals surface area contributed by atoms with Crippen LogP contribution in [0.4, 0.5) is 5.69 Å². The molecule has 3 aromatic rings. The maximum atomic E-state index is 10.4. The molecule has 0 saturated heterocycles. The molecule has 0 fully saturated rings. The van der Waals surface area contributed by atoms with E-state index in [9.17, 15) is 5.11 Å². The van der Waals surface area contributed by atoms with E-state index in [0.717, 1.165) is 17.0 Å². The second-order valence-corrected chi connectivity index (χ2v) is 6.98. The molecular formula is C21H16Cl2N2O. The van der Waals surface area contributed by atoms with Gasteiger partial charge in [0.15, 0.2) is 0 Å². The molecule has 0 spiro atoms. The minimum Gasteiger partial charge on any atom is -0.506 e. The molecule has 4 rings (SSSR count). The van der Waals surface area contributed by atoms with E-state index < -0.39 is 0 Å². The summed E-state index contributed by atoms with van der Waals surface area (Å²) in [4.78, 5) is 0. The predicted molar refractivity (Wildman–Crippen MR) is 107 cm³/mol. The first-order chi connectivity index (χ1) is 12.6. The highest BCUT2D eigenvalue weighted by Crippen LogP contribution is 2.40. The van der Waals surface area contributed by atoms with Gasteiger partial charge in [-0.1, -0.05) is 71.7 Å². The third-order valence-corrected chi connectivity index (χ3v) is 4.96. The lowest BCUT2D eigenvalue weighted by atomic mass is 9.98. The van der Waals surface area contributed by atoms with Crippen LogP contribution in [0.5, 0.6) is 5.75 Å². The average Bonchev–Trinajstić information content (AvgIpc) is 3.11. The van der Waals surface area contributed by atoms with Gasteiger partial charge in [-0.25, -0.2) is 0 Å². The fraction of sp³-hybridized carbons (Fsp3) is 0.0952. The van der Waals surface area contributed by atoms with Gasteiger partial charge in [-0.2, -0.15) is 5.10 Å². The molecule has 1 N–H and O–H groups in total. The third-order valence-electron chi connectivity index (χ3n) is 4.45. The van der Waals surface area contributed by atoms with Gasteiger partial charge in [0, 0.05) is 17.0 Å². The highest BCUT2D eigenvalue weighted by atomic mass is 35.5. The van der Waals surface area contributed by atoms with Crippen molar-refractivity contribution in [2.75, 3.05) is 5.01 Å². The van der Waals surface area contributed by atoms with Crippen LogP contribution in [0.3, 0.4) is 0 Å². The summed E-state index contributed by atoms with van der Waals surface area (Å²) in [5.41, 5.74) is 3.47. The SMILES string of the molecule is Oc1c(Cl)cc(Cl)cc1C1=NN(c2ccccc2)C(c2ccccc2)C1. The van der Waals surface area contributed by atoms with Crippen LogP contribution < -0.4 is 5.01 Å². The van der Waals surface area contributed by atoms with Crippen LogP contribution in [0.25, 0.3) is 0 Å². The molecule has 1 unspecified atom stereocenters. The van der Waals surface area contributed by atoms with Crippen LogP contribution in [-0.2, 0) is 0 Å². The molecule has 130 valence electrons. The van der Waals surface area contributed by atoms with Crippen LogP contribution >= 0.6 is 23.2 Å². The zero-order valence-corrected chi connectivity index (χ0v) is 15.3.